The maximum atomic E-state index is 12.9. The topological polar surface area (TPSA) is 68.5 Å². The highest BCUT2D eigenvalue weighted by molar-refractivity contribution is 5.28. The van der Waals surface area contributed by atoms with Gasteiger partial charge in [-0.15, -0.1) is 0 Å². The lowest BCUT2D eigenvalue weighted by Crippen LogP contribution is -2.41. The maximum absolute atomic E-state index is 12.9. The molecule has 2 rings (SSSR count). The minimum Gasteiger partial charge on any atom is -0.476 e. The van der Waals surface area contributed by atoms with Crippen molar-refractivity contribution in [2.24, 2.45) is 0 Å². The zero-order chi connectivity index (χ0) is 14.6. The number of piperidine rings is 1. The summed E-state index contributed by atoms with van der Waals surface area (Å²) < 4.78 is 31.2. The summed E-state index contributed by atoms with van der Waals surface area (Å²) in [4.78, 5) is 15.6. The standard InChI is InChI=1S/C12H15F2N3O3/c13-12(14)3-5-16(6-4-12)7-8-20-11-2-1-10(9-15-11)17(18)19/h1-2,9H,3-8H2. The van der Waals surface area contributed by atoms with Gasteiger partial charge in [-0.05, 0) is 0 Å². The fourth-order valence-electron chi connectivity index (χ4n) is 1.95. The fourth-order valence-corrected chi connectivity index (χ4v) is 1.95. The first-order valence-corrected chi connectivity index (χ1v) is 6.30. The predicted molar refractivity (Wildman–Crippen MR) is 67.0 cm³/mol. The van der Waals surface area contributed by atoms with Crippen molar-refractivity contribution in [1.29, 1.82) is 0 Å². The minimum absolute atomic E-state index is 0.101. The third kappa shape index (κ3) is 4.09. The Kier molecular flexibility index (Phi) is 4.43. The van der Waals surface area contributed by atoms with Gasteiger partial charge in [0.2, 0.25) is 5.88 Å². The molecule has 0 radical (unpaired) electrons. The molecule has 0 atom stereocenters. The second kappa shape index (κ2) is 6.08. The van der Waals surface area contributed by atoms with Gasteiger partial charge in [-0.1, -0.05) is 0 Å². The number of ether oxygens (including phenoxy) is 1. The van der Waals surface area contributed by atoms with Crippen molar-refractivity contribution >= 4 is 5.69 Å². The number of hydrogen-bond acceptors (Lipinski definition) is 5. The van der Waals surface area contributed by atoms with Crippen molar-refractivity contribution in [3.05, 3.63) is 28.4 Å². The molecule has 1 fully saturated rings. The lowest BCUT2D eigenvalue weighted by Gasteiger charge is -2.31. The molecule has 0 saturated carbocycles. The Morgan fingerprint density at radius 3 is 2.65 bits per heavy atom. The van der Waals surface area contributed by atoms with E-state index in [2.05, 4.69) is 4.98 Å². The van der Waals surface area contributed by atoms with Crippen LogP contribution in [0.4, 0.5) is 14.5 Å². The van der Waals surface area contributed by atoms with E-state index in [1.54, 1.807) is 0 Å². The van der Waals surface area contributed by atoms with Crippen molar-refractivity contribution in [2.75, 3.05) is 26.2 Å². The van der Waals surface area contributed by atoms with Gasteiger partial charge in [0.05, 0.1) is 4.92 Å². The quantitative estimate of drug-likeness (QED) is 0.612. The molecule has 0 aromatic carbocycles. The van der Waals surface area contributed by atoms with Gasteiger partial charge in [0, 0.05) is 44.6 Å². The molecule has 0 N–H and O–H groups in total. The summed E-state index contributed by atoms with van der Waals surface area (Å²) in [6, 6.07) is 2.73. The van der Waals surface area contributed by atoms with E-state index in [4.69, 9.17) is 4.74 Å². The van der Waals surface area contributed by atoms with Gasteiger partial charge >= 0.3 is 0 Å². The van der Waals surface area contributed by atoms with Crippen LogP contribution in [0, 0.1) is 10.1 Å². The average Bonchev–Trinajstić information content (AvgIpc) is 2.41. The highest BCUT2D eigenvalue weighted by Gasteiger charge is 2.33. The van der Waals surface area contributed by atoms with Crippen LogP contribution in [0.5, 0.6) is 5.88 Å². The molecule has 1 aliphatic rings. The van der Waals surface area contributed by atoms with Gasteiger partial charge in [0.15, 0.2) is 0 Å². The predicted octanol–water partition coefficient (Wildman–Crippen LogP) is 2.10. The Morgan fingerprint density at radius 1 is 1.40 bits per heavy atom. The lowest BCUT2D eigenvalue weighted by atomic mass is 10.1. The number of halogens is 2. The molecule has 0 spiro atoms. The normalized spacial score (nSPS) is 18.7. The van der Waals surface area contributed by atoms with Gasteiger partial charge in [-0.2, -0.15) is 0 Å². The smallest absolute Gasteiger partial charge is 0.287 e. The zero-order valence-corrected chi connectivity index (χ0v) is 10.8. The summed E-state index contributed by atoms with van der Waals surface area (Å²) in [5, 5.41) is 10.4. The molecule has 0 amide bonds. The molecule has 20 heavy (non-hydrogen) atoms. The van der Waals surface area contributed by atoms with Gasteiger partial charge in [-0.25, -0.2) is 13.8 Å². The largest absolute Gasteiger partial charge is 0.476 e. The van der Waals surface area contributed by atoms with E-state index in [9.17, 15) is 18.9 Å². The molecule has 2 heterocycles. The van der Waals surface area contributed by atoms with E-state index in [1.165, 1.54) is 12.1 Å². The Balaban J connectivity index is 1.72. The van der Waals surface area contributed by atoms with Crippen molar-refractivity contribution in [1.82, 2.24) is 9.88 Å². The molecular formula is C12H15F2N3O3. The van der Waals surface area contributed by atoms with Crippen molar-refractivity contribution < 1.29 is 18.4 Å². The molecule has 1 saturated heterocycles. The average molecular weight is 287 g/mol. The first-order valence-electron chi connectivity index (χ1n) is 6.30. The number of hydrogen-bond donors (Lipinski definition) is 0. The Hall–Kier alpha value is -1.83. The van der Waals surface area contributed by atoms with Gasteiger partial charge in [0.1, 0.15) is 12.8 Å². The second-order valence-corrected chi connectivity index (χ2v) is 4.66. The Bertz CT molecular complexity index is 458. The SMILES string of the molecule is O=[N+]([O-])c1ccc(OCCN2CCC(F)(F)CC2)nc1. The summed E-state index contributed by atoms with van der Waals surface area (Å²) in [6.45, 7) is 1.55. The molecule has 0 unspecified atom stereocenters. The summed E-state index contributed by atoms with van der Waals surface area (Å²) in [5.74, 6) is -2.25. The first-order chi connectivity index (χ1) is 9.46. The fraction of sp³-hybridized carbons (Fsp3) is 0.583. The third-order valence-corrected chi connectivity index (χ3v) is 3.18. The Morgan fingerprint density at radius 2 is 2.10 bits per heavy atom. The van der Waals surface area contributed by atoms with E-state index in [1.807, 2.05) is 4.90 Å². The van der Waals surface area contributed by atoms with Crippen LogP contribution in [0.1, 0.15) is 12.8 Å². The highest BCUT2D eigenvalue weighted by atomic mass is 19.3. The third-order valence-electron chi connectivity index (χ3n) is 3.18. The van der Waals surface area contributed by atoms with Crippen LogP contribution < -0.4 is 4.74 Å². The van der Waals surface area contributed by atoms with Gasteiger partial charge in [0.25, 0.3) is 11.6 Å². The Labute approximate surface area is 114 Å². The highest BCUT2D eigenvalue weighted by Crippen LogP contribution is 2.27. The van der Waals surface area contributed by atoms with E-state index in [0.29, 0.717) is 26.2 Å². The summed E-state index contributed by atoms with van der Waals surface area (Å²) in [7, 11) is 0. The van der Waals surface area contributed by atoms with Crippen LogP contribution in [-0.2, 0) is 0 Å². The number of pyridine rings is 1. The number of likely N-dealkylation sites (tertiary alicyclic amines) is 1. The maximum Gasteiger partial charge on any atom is 0.287 e. The number of alkyl halides is 2. The molecule has 8 heteroatoms. The summed E-state index contributed by atoms with van der Waals surface area (Å²) >= 11 is 0. The van der Waals surface area contributed by atoms with Crippen LogP contribution >= 0.6 is 0 Å². The van der Waals surface area contributed by atoms with E-state index in [-0.39, 0.29) is 24.4 Å². The molecule has 1 aromatic heterocycles. The van der Waals surface area contributed by atoms with Gasteiger partial charge < -0.3 is 4.74 Å². The second-order valence-electron chi connectivity index (χ2n) is 4.66. The van der Waals surface area contributed by atoms with Crippen LogP contribution in [0.2, 0.25) is 0 Å². The molecule has 0 bridgehead atoms. The molecule has 1 aromatic rings. The lowest BCUT2D eigenvalue weighted by molar-refractivity contribution is -0.385. The number of nitrogens with zero attached hydrogens (tertiary/aromatic N) is 3. The van der Waals surface area contributed by atoms with Crippen LogP contribution in [0.15, 0.2) is 18.3 Å². The van der Waals surface area contributed by atoms with Crippen LogP contribution in [0.25, 0.3) is 0 Å². The molecule has 6 nitrogen and oxygen atoms in total. The number of nitro groups is 1. The van der Waals surface area contributed by atoms with Crippen molar-refractivity contribution in [3.63, 3.8) is 0 Å². The molecule has 0 aliphatic carbocycles. The van der Waals surface area contributed by atoms with Crippen LogP contribution in [-0.4, -0.2) is 47.0 Å². The van der Waals surface area contributed by atoms with Crippen molar-refractivity contribution in [3.8, 4) is 5.88 Å². The summed E-state index contributed by atoms with van der Waals surface area (Å²) in [5.41, 5.74) is -0.101. The summed E-state index contributed by atoms with van der Waals surface area (Å²) in [6.07, 6.45) is 0.877. The minimum atomic E-state index is -2.54. The monoisotopic (exact) mass is 287 g/mol. The van der Waals surface area contributed by atoms with Gasteiger partial charge in [-0.3, -0.25) is 15.0 Å². The molecule has 110 valence electrons. The van der Waals surface area contributed by atoms with E-state index in [0.717, 1.165) is 6.20 Å². The number of rotatable bonds is 5. The van der Waals surface area contributed by atoms with E-state index < -0.39 is 10.8 Å². The van der Waals surface area contributed by atoms with Crippen molar-refractivity contribution in [2.45, 2.75) is 18.8 Å². The number of aromatic nitrogens is 1. The zero-order valence-electron chi connectivity index (χ0n) is 10.8. The molecule has 1 aliphatic heterocycles. The van der Waals surface area contributed by atoms with E-state index >= 15 is 0 Å². The molecular weight excluding hydrogens is 272 g/mol. The first kappa shape index (κ1) is 14.6. The van der Waals surface area contributed by atoms with Crippen LogP contribution in [0.3, 0.4) is 0 Å².